The van der Waals surface area contributed by atoms with Crippen LogP contribution in [0.4, 0.5) is 0 Å². The number of hydrogen-bond donors (Lipinski definition) is 0. The quantitative estimate of drug-likeness (QED) is 0.0261. The topological polar surface area (TPSA) is 78.9 Å². The van der Waals surface area contributed by atoms with Crippen molar-refractivity contribution in [2.45, 2.75) is 322 Å². The molecule has 0 aromatic heterocycles. The van der Waals surface area contributed by atoms with Gasteiger partial charge in [0.1, 0.15) is 13.2 Å². The predicted molar refractivity (Wildman–Crippen MR) is 362 cm³/mol. The van der Waals surface area contributed by atoms with Crippen LogP contribution in [0.5, 0.6) is 0 Å². The highest BCUT2D eigenvalue weighted by molar-refractivity contribution is 5.71. The summed E-state index contributed by atoms with van der Waals surface area (Å²) in [5.41, 5.74) is 0. The number of carbonyl (C=O) groups is 3. The van der Waals surface area contributed by atoms with Gasteiger partial charge in [-0.2, -0.15) is 0 Å². The minimum absolute atomic E-state index is 0.0925. The fourth-order valence-electron chi connectivity index (χ4n) is 9.49. The zero-order valence-corrected chi connectivity index (χ0v) is 54.2. The fraction of sp³-hybridized carbons (Fsp3) is 0.675. The summed E-state index contributed by atoms with van der Waals surface area (Å²) in [7, 11) is 0. The maximum atomic E-state index is 12.9. The van der Waals surface area contributed by atoms with E-state index >= 15 is 0 Å². The molecule has 0 aromatic rings. The lowest BCUT2D eigenvalue weighted by Gasteiger charge is -2.18. The Morgan fingerprint density at radius 1 is 0.253 bits per heavy atom. The van der Waals surface area contributed by atoms with Crippen LogP contribution in [-0.2, 0) is 28.6 Å². The molecule has 0 rings (SSSR count). The van der Waals surface area contributed by atoms with E-state index in [0.717, 1.165) is 141 Å². The van der Waals surface area contributed by atoms with Gasteiger partial charge in [0.25, 0.3) is 0 Å². The van der Waals surface area contributed by atoms with Gasteiger partial charge in [-0.1, -0.05) is 296 Å². The highest BCUT2D eigenvalue weighted by atomic mass is 16.6. The highest BCUT2D eigenvalue weighted by Crippen LogP contribution is 2.16. The van der Waals surface area contributed by atoms with Crippen molar-refractivity contribution in [2.75, 3.05) is 13.2 Å². The molecule has 6 heteroatoms. The van der Waals surface area contributed by atoms with Gasteiger partial charge in [0.05, 0.1) is 0 Å². The van der Waals surface area contributed by atoms with Gasteiger partial charge in [-0.25, -0.2) is 0 Å². The second-order valence-electron chi connectivity index (χ2n) is 22.7. The Hall–Kier alpha value is -4.45. The monoisotopic (exact) mass is 1150 g/mol. The molecule has 0 bridgehead atoms. The molecule has 1 atom stereocenters. The van der Waals surface area contributed by atoms with E-state index in [0.29, 0.717) is 19.3 Å². The number of esters is 3. The first kappa shape index (κ1) is 78.5. The Morgan fingerprint density at radius 3 is 0.747 bits per heavy atom. The number of ether oxygens (including phenoxy) is 3. The zero-order valence-electron chi connectivity index (χ0n) is 54.2. The van der Waals surface area contributed by atoms with Crippen LogP contribution >= 0.6 is 0 Å². The van der Waals surface area contributed by atoms with Crippen molar-refractivity contribution in [3.05, 3.63) is 134 Å². The van der Waals surface area contributed by atoms with Crippen molar-refractivity contribution < 1.29 is 28.6 Å². The molecule has 6 nitrogen and oxygen atoms in total. The lowest BCUT2D eigenvalue weighted by atomic mass is 10.0. The Bertz CT molecular complexity index is 1750. The van der Waals surface area contributed by atoms with Crippen molar-refractivity contribution in [3.63, 3.8) is 0 Å². The van der Waals surface area contributed by atoms with Crippen LogP contribution in [-0.4, -0.2) is 37.2 Å². The predicted octanol–water partition coefficient (Wildman–Crippen LogP) is 24.1. The first-order chi connectivity index (χ1) is 41.0. The third-order valence-corrected chi connectivity index (χ3v) is 14.6. The van der Waals surface area contributed by atoms with Crippen LogP contribution in [0.2, 0.25) is 0 Å². The smallest absolute Gasteiger partial charge is 0.306 e. The van der Waals surface area contributed by atoms with E-state index in [1.807, 2.05) is 0 Å². The molecule has 0 radical (unpaired) electrons. The van der Waals surface area contributed by atoms with Crippen LogP contribution < -0.4 is 0 Å². The van der Waals surface area contributed by atoms with Crippen molar-refractivity contribution in [1.29, 1.82) is 0 Å². The summed E-state index contributed by atoms with van der Waals surface area (Å²) in [4.78, 5) is 38.4. The average Bonchev–Trinajstić information content (AvgIpc) is 3.49. The number of hydrogen-bond acceptors (Lipinski definition) is 6. The van der Waals surface area contributed by atoms with Crippen molar-refractivity contribution in [1.82, 2.24) is 0 Å². The zero-order chi connectivity index (χ0) is 59.9. The molecule has 0 spiro atoms. The Morgan fingerprint density at radius 2 is 0.470 bits per heavy atom. The van der Waals surface area contributed by atoms with Gasteiger partial charge in [-0.3, -0.25) is 14.4 Å². The van der Waals surface area contributed by atoms with Gasteiger partial charge >= 0.3 is 17.9 Å². The van der Waals surface area contributed by atoms with Gasteiger partial charge in [-0.15, -0.1) is 0 Å². The van der Waals surface area contributed by atoms with E-state index in [4.69, 9.17) is 14.2 Å². The SMILES string of the molecule is CC/C=C\C/C=C\C/C=C\C/C=C\C/C=C\C/C=C\CCCCCCC(=O)OC(COC(=O)CCCCCCC/C=C\CCCCCC)COC(=O)CCCCCCCCCCCCCCCCCC/C=C\C/C=C\C/C=C\C/C=C\CC. The highest BCUT2D eigenvalue weighted by Gasteiger charge is 2.19. The van der Waals surface area contributed by atoms with E-state index < -0.39 is 6.10 Å². The molecule has 472 valence electrons. The third kappa shape index (κ3) is 68.2. The van der Waals surface area contributed by atoms with Gasteiger partial charge in [0, 0.05) is 19.3 Å². The van der Waals surface area contributed by atoms with Crippen LogP contribution in [0, 0.1) is 0 Å². The summed E-state index contributed by atoms with van der Waals surface area (Å²) < 4.78 is 16.9. The van der Waals surface area contributed by atoms with E-state index in [1.165, 1.54) is 135 Å². The van der Waals surface area contributed by atoms with Gasteiger partial charge in [-0.05, 0) is 135 Å². The Balaban J connectivity index is 4.32. The maximum Gasteiger partial charge on any atom is 0.306 e. The molecule has 83 heavy (non-hydrogen) atoms. The Labute approximate surface area is 513 Å². The molecule has 0 aliphatic heterocycles. The first-order valence-electron chi connectivity index (χ1n) is 34.7. The standard InChI is InChI=1S/C77H128O6/c1-4-7-10-13-16-19-22-25-27-29-31-33-35-36-37-38-39-40-42-43-45-47-49-52-55-58-61-64-67-70-76(79)82-73-74(72-81-75(78)69-66-63-60-57-54-51-24-21-18-15-12-9-6-3)83-77(80)71-68-65-62-59-56-53-50-48-46-44-41-34-32-30-28-26-23-20-17-14-11-8-5-2/h7-8,10-11,16-17,19-21,24-28,31-34,44,46,50,53,74H,4-6,9,12-15,18,22-23,29-30,35-43,45,47-49,51-52,54-73H2,1-3H3/b10-7-,11-8-,19-16-,20-17-,24-21-,27-25-,28-26-,33-31-,34-32-,46-44-,53-50-. The van der Waals surface area contributed by atoms with Crippen molar-refractivity contribution in [2.24, 2.45) is 0 Å². The number of allylic oxidation sites excluding steroid dienone is 22. The second-order valence-corrected chi connectivity index (χ2v) is 22.7. The van der Waals surface area contributed by atoms with E-state index in [1.54, 1.807) is 0 Å². The second kappa shape index (κ2) is 70.0. The maximum absolute atomic E-state index is 12.9. The Kier molecular flexibility index (Phi) is 66.3. The average molecular weight is 1150 g/mol. The molecular weight excluding hydrogens is 1020 g/mol. The van der Waals surface area contributed by atoms with E-state index in [9.17, 15) is 14.4 Å². The van der Waals surface area contributed by atoms with Crippen LogP contribution in [0.1, 0.15) is 316 Å². The largest absolute Gasteiger partial charge is 0.462 e. The van der Waals surface area contributed by atoms with Crippen molar-refractivity contribution >= 4 is 17.9 Å². The lowest BCUT2D eigenvalue weighted by Crippen LogP contribution is -2.30. The minimum Gasteiger partial charge on any atom is -0.462 e. The summed E-state index contributed by atoms with van der Waals surface area (Å²) >= 11 is 0. The third-order valence-electron chi connectivity index (χ3n) is 14.6. The van der Waals surface area contributed by atoms with E-state index in [-0.39, 0.29) is 31.1 Å². The molecule has 0 fully saturated rings. The molecule has 0 amide bonds. The van der Waals surface area contributed by atoms with Crippen molar-refractivity contribution in [3.8, 4) is 0 Å². The number of rotatable bonds is 62. The molecule has 0 heterocycles. The first-order valence-corrected chi connectivity index (χ1v) is 34.7. The summed E-state index contributed by atoms with van der Waals surface area (Å²) in [5, 5.41) is 0. The molecule has 0 aliphatic carbocycles. The van der Waals surface area contributed by atoms with Crippen LogP contribution in [0.15, 0.2) is 134 Å². The molecule has 0 N–H and O–H groups in total. The van der Waals surface area contributed by atoms with Crippen LogP contribution in [0.25, 0.3) is 0 Å². The summed E-state index contributed by atoms with van der Waals surface area (Å²) in [6.45, 7) is 6.39. The lowest BCUT2D eigenvalue weighted by molar-refractivity contribution is -0.167. The molecule has 0 saturated carbocycles. The molecule has 0 aliphatic rings. The number of carbonyl (C=O) groups excluding carboxylic acids is 3. The molecule has 0 aromatic carbocycles. The molecule has 1 unspecified atom stereocenters. The molecular formula is C77H128O6. The van der Waals surface area contributed by atoms with Gasteiger partial charge < -0.3 is 14.2 Å². The normalized spacial score (nSPS) is 13.0. The summed E-state index contributed by atoms with van der Waals surface area (Å²) in [6.07, 6.45) is 99.0. The minimum atomic E-state index is -0.800. The van der Waals surface area contributed by atoms with E-state index in [2.05, 4.69) is 154 Å². The molecule has 0 saturated heterocycles. The summed E-state index contributed by atoms with van der Waals surface area (Å²) in [5.74, 6) is -0.919. The summed E-state index contributed by atoms with van der Waals surface area (Å²) in [6, 6.07) is 0. The van der Waals surface area contributed by atoms with Crippen LogP contribution in [0.3, 0.4) is 0 Å². The fourth-order valence-corrected chi connectivity index (χ4v) is 9.49. The van der Waals surface area contributed by atoms with Gasteiger partial charge in [0.15, 0.2) is 6.10 Å². The number of unbranched alkanes of at least 4 members (excludes halogenated alkanes) is 29. The van der Waals surface area contributed by atoms with Gasteiger partial charge in [0.2, 0.25) is 0 Å².